The summed E-state index contributed by atoms with van der Waals surface area (Å²) in [6, 6.07) is 13.1. The number of benzene rings is 2. The van der Waals surface area contributed by atoms with Crippen LogP contribution in [0.1, 0.15) is 34.0 Å². The Morgan fingerprint density at radius 3 is 2.44 bits per heavy atom. The second-order valence-corrected chi connectivity index (χ2v) is 6.75. The summed E-state index contributed by atoms with van der Waals surface area (Å²) >= 11 is 0. The summed E-state index contributed by atoms with van der Waals surface area (Å²) in [6.07, 6.45) is 0. The molecule has 0 heterocycles. The maximum atomic E-state index is 12.3. The summed E-state index contributed by atoms with van der Waals surface area (Å²) in [5.41, 5.74) is 4.28. The molecule has 0 spiro atoms. The van der Waals surface area contributed by atoms with Gasteiger partial charge >= 0.3 is 6.03 Å². The molecule has 6 heteroatoms. The fourth-order valence-electron chi connectivity index (χ4n) is 2.71. The van der Waals surface area contributed by atoms with E-state index in [9.17, 15) is 9.59 Å². The number of nitrogens with one attached hydrogen (secondary N) is 3. The van der Waals surface area contributed by atoms with Gasteiger partial charge in [-0.05, 0) is 56.8 Å². The lowest BCUT2D eigenvalue weighted by atomic mass is 10.1. The number of rotatable bonds is 7. The first-order valence-corrected chi connectivity index (χ1v) is 9.05. The topological polar surface area (TPSA) is 73.5 Å². The van der Waals surface area contributed by atoms with E-state index in [4.69, 9.17) is 0 Å². The van der Waals surface area contributed by atoms with E-state index in [2.05, 4.69) is 33.0 Å². The van der Waals surface area contributed by atoms with Crippen LogP contribution in [0.5, 0.6) is 0 Å². The van der Waals surface area contributed by atoms with Gasteiger partial charge < -0.3 is 20.9 Å². The summed E-state index contributed by atoms with van der Waals surface area (Å²) in [5, 5.41) is 8.45. The van der Waals surface area contributed by atoms with E-state index in [1.165, 1.54) is 5.56 Å². The number of hydrogen-bond donors (Lipinski definition) is 3. The van der Waals surface area contributed by atoms with E-state index in [0.717, 1.165) is 17.7 Å². The number of amides is 3. The van der Waals surface area contributed by atoms with Crippen molar-refractivity contribution in [2.75, 3.05) is 26.0 Å². The molecule has 2 rings (SSSR count). The number of aryl methyl sites for hydroxylation is 1. The maximum Gasteiger partial charge on any atom is 0.319 e. The van der Waals surface area contributed by atoms with Gasteiger partial charge in [0.15, 0.2) is 0 Å². The van der Waals surface area contributed by atoms with Crippen LogP contribution in [-0.4, -0.2) is 37.5 Å². The van der Waals surface area contributed by atoms with Crippen LogP contribution < -0.4 is 16.0 Å². The third-order valence-corrected chi connectivity index (χ3v) is 4.03. The van der Waals surface area contributed by atoms with Crippen LogP contribution in [0.4, 0.5) is 10.5 Å². The largest absolute Gasteiger partial charge is 0.352 e. The van der Waals surface area contributed by atoms with Crippen LogP contribution >= 0.6 is 0 Å². The minimum Gasteiger partial charge on any atom is -0.352 e. The summed E-state index contributed by atoms with van der Waals surface area (Å²) in [6.45, 7) is 5.60. The molecule has 0 atom stereocenters. The lowest BCUT2D eigenvalue weighted by Crippen LogP contribution is -2.29. The molecule has 6 nitrogen and oxygen atoms in total. The van der Waals surface area contributed by atoms with Crippen LogP contribution in [0.15, 0.2) is 42.5 Å². The van der Waals surface area contributed by atoms with Crippen molar-refractivity contribution in [3.05, 3.63) is 64.7 Å². The van der Waals surface area contributed by atoms with Crippen molar-refractivity contribution in [3.8, 4) is 0 Å². The van der Waals surface area contributed by atoms with Gasteiger partial charge in [0, 0.05) is 30.9 Å². The van der Waals surface area contributed by atoms with Crippen molar-refractivity contribution >= 4 is 17.6 Å². The van der Waals surface area contributed by atoms with Crippen LogP contribution in [0, 0.1) is 6.92 Å². The average Bonchev–Trinajstić information content (AvgIpc) is 2.62. The minimum atomic E-state index is -0.302. The van der Waals surface area contributed by atoms with Gasteiger partial charge in [-0.15, -0.1) is 0 Å². The first-order valence-electron chi connectivity index (χ1n) is 9.05. The third kappa shape index (κ3) is 6.42. The number of hydrogen-bond acceptors (Lipinski definition) is 3. The van der Waals surface area contributed by atoms with Gasteiger partial charge in [0.1, 0.15) is 0 Å². The molecule has 3 N–H and O–H groups in total. The molecule has 0 bridgehead atoms. The molecular formula is C21H28N4O2. The highest BCUT2D eigenvalue weighted by Gasteiger charge is 2.09. The highest BCUT2D eigenvalue weighted by atomic mass is 16.2. The highest BCUT2D eigenvalue weighted by Crippen LogP contribution is 2.17. The molecule has 0 aromatic heterocycles. The van der Waals surface area contributed by atoms with E-state index in [0.29, 0.717) is 24.3 Å². The van der Waals surface area contributed by atoms with E-state index in [1.54, 1.807) is 12.1 Å². The second-order valence-electron chi connectivity index (χ2n) is 6.75. The molecule has 3 amide bonds. The molecule has 2 aromatic rings. The summed E-state index contributed by atoms with van der Waals surface area (Å²) in [5.74, 6) is -0.154. The first-order chi connectivity index (χ1) is 12.9. The second kappa shape index (κ2) is 9.73. The van der Waals surface area contributed by atoms with Crippen molar-refractivity contribution < 1.29 is 9.59 Å². The number of carbonyl (C=O) groups is 2. The molecular weight excluding hydrogens is 340 g/mol. The molecule has 144 valence electrons. The number of urea groups is 1. The fraction of sp³-hybridized carbons (Fsp3) is 0.333. The number of anilines is 1. The van der Waals surface area contributed by atoms with Gasteiger partial charge in [0.2, 0.25) is 0 Å². The van der Waals surface area contributed by atoms with Gasteiger partial charge in [0.05, 0.1) is 0 Å². The van der Waals surface area contributed by atoms with Gasteiger partial charge in [-0.25, -0.2) is 4.79 Å². The summed E-state index contributed by atoms with van der Waals surface area (Å²) < 4.78 is 0. The van der Waals surface area contributed by atoms with Gasteiger partial charge in [-0.2, -0.15) is 0 Å². The van der Waals surface area contributed by atoms with Gasteiger partial charge in [0.25, 0.3) is 5.91 Å². The number of carbonyl (C=O) groups excluding carboxylic acids is 2. The predicted octanol–water partition coefficient (Wildman–Crippen LogP) is 3.13. The van der Waals surface area contributed by atoms with Crippen molar-refractivity contribution in [3.63, 3.8) is 0 Å². The van der Waals surface area contributed by atoms with Gasteiger partial charge in [-0.1, -0.05) is 30.3 Å². The van der Waals surface area contributed by atoms with Crippen LogP contribution in [0.3, 0.4) is 0 Å². The molecule has 0 unspecified atom stereocenters. The first kappa shape index (κ1) is 20.5. The Morgan fingerprint density at radius 2 is 1.74 bits per heavy atom. The molecule has 0 aliphatic heterocycles. The van der Waals surface area contributed by atoms with Crippen molar-refractivity contribution in [2.45, 2.75) is 26.9 Å². The maximum absolute atomic E-state index is 12.3. The molecule has 2 aromatic carbocycles. The zero-order valence-corrected chi connectivity index (χ0v) is 16.4. The average molecular weight is 368 g/mol. The van der Waals surface area contributed by atoms with Gasteiger partial charge in [-0.3, -0.25) is 4.79 Å². The molecule has 0 aliphatic rings. The van der Waals surface area contributed by atoms with Crippen LogP contribution in [0.25, 0.3) is 0 Å². The van der Waals surface area contributed by atoms with E-state index in [1.807, 2.05) is 46.1 Å². The predicted molar refractivity (Wildman–Crippen MR) is 109 cm³/mol. The standard InChI is InChI=1S/C21H28N4O2/c1-5-22-20(26)18-10-9-15(2)19(12-18)24-21(27)23-13-16-7-6-8-17(11-16)14-25(3)4/h6-12H,5,13-14H2,1-4H3,(H,22,26)(H2,23,24,27). The Bertz CT molecular complexity index is 803. The van der Waals surface area contributed by atoms with E-state index < -0.39 is 0 Å². The molecule has 0 aliphatic carbocycles. The normalized spacial score (nSPS) is 10.6. The Balaban J connectivity index is 1.98. The Hall–Kier alpha value is -2.86. The van der Waals surface area contributed by atoms with E-state index in [-0.39, 0.29) is 11.9 Å². The molecule has 0 saturated heterocycles. The van der Waals surface area contributed by atoms with Crippen molar-refractivity contribution in [1.82, 2.24) is 15.5 Å². The van der Waals surface area contributed by atoms with Crippen molar-refractivity contribution in [2.24, 2.45) is 0 Å². The molecule has 0 fully saturated rings. The lowest BCUT2D eigenvalue weighted by Gasteiger charge is -2.13. The Kier molecular flexibility index (Phi) is 7.37. The fourth-order valence-corrected chi connectivity index (χ4v) is 2.71. The smallest absolute Gasteiger partial charge is 0.319 e. The Morgan fingerprint density at radius 1 is 1.00 bits per heavy atom. The SMILES string of the molecule is CCNC(=O)c1ccc(C)c(NC(=O)NCc2cccc(CN(C)C)c2)c1. The molecule has 27 heavy (non-hydrogen) atoms. The Labute approximate surface area is 161 Å². The summed E-state index contributed by atoms with van der Waals surface area (Å²) in [4.78, 5) is 26.3. The van der Waals surface area contributed by atoms with Crippen molar-refractivity contribution in [1.29, 1.82) is 0 Å². The lowest BCUT2D eigenvalue weighted by molar-refractivity contribution is 0.0956. The monoisotopic (exact) mass is 368 g/mol. The molecule has 0 radical (unpaired) electrons. The summed E-state index contributed by atoms with van der Waals surface area (Å²) in [7, 11) is 4.05. The third-order valence-electron chi connectivity index (χ3n) is 4.03. The van der Waals surface area contributed by atoms with Crippen LogP contribution in [0.2, 0.25) is 0 Å². The molecule has 0 saturated carbocycles. The highest BCUT2D eigenvalue weighted by molar-refractivity contribution is 5.97. The zero-order valence-electron chi connectivity index (χ0n) is 16.4. The quantitative estimate of drug-likeness (QED) is 0.703. The van der Waals surface area contributed by atoms with E-state index >= 15 is 0 Å². The number of nitrogens with zero attached hydrogens (tertiary/aromatic N) is 1. The van der Waals surface area contributed by atoms with Crippen LogP contribution in [-0.2, 0) is 13.1 Å². The zero-order chi connectivity index (χ0) is 19.8. The minimum absolute atomic E-state index is 0.154.